The zero-order valence-electron chi connectivity index (χ0n) is 7.21. The Bertz CT molecular complexity index is 152. The van der Waals surface area contributed by atoms with Crippen molar-refractivity contribution in [2.75, 3.05) is 26.7 Å². The van der Waals surface area contributed by atoms with Crippen LogP contribution < -0.4 is 0 Å². The summed E-state index contributed by atoms with van der Waals surface area (Å²) in [4.78, 5) is 2.41. The predicted molar refractivity (Wildman–Crippen MR) is 44.4 cm³/mol. The Balaban J connectivity index is 1.87. The molecule has 2 aliphatic rings. The molecule has 0 aromatic rings. The van der Waals surface area contributed by atoms with Gasteiger partial charge in [-0.05, 0) is 44.2 Å². The zero-order chi connectivity index (χ0) is 7.90. The van der Waals surface area contributed by atoms with Crippen LogP contribution in [0.4, 0.5) is 0 Å². The van der Waals surface area contributed by atoms with E-state index in [1.165, 1.54) is 32.4 Å². The highest BCUT2D eigenvalue weighted by atomic mass is 16.3. The molecule has 64 valence electrons. The van der Waals surface area contributed by atoms with E-state index in [0.717, 1.165) is 0 Å². The van der Waals surface area contributed by atoms with Gasteiger partial charge in [-0.3, -0.25) is 0 Å². The van der Waals surface area contributed by atoms with Gasteiger partial charge in [0.15, 0.2) is 0 Å². The summed E-state index contributed by atoms with van der Waals surface area (Å²) >= 11 is 0. The maximum atomic E-state index is 8.88. The Morgan fingerprint density at radius 1 is 1.55 bits per heavy atom. The highest BCUT2D eigenvalue weighted by molar-refractivity contribution is 4.98. The minimum Gasteiger partial charge on any atom is -0.396 e. The lowest BCUT2D eigenvalue weighted by Gasteiger charge is -2.44. The second kappa shape index (κ2) is 2.46. The van der Waals surface area contributed by atoms with Crippen molar-refractivity contribution in [3.05, 3.63) is 0 Å². The highest BCUT2D eigenvalue weighted by Gasteiger charge is 2.46. The molecule has 2 nitrogen and oxygen atoms in total. The highest BCUT2D eigenvalue weighted by Crippen LogP contribution is 2.50. The van der Waals surface area contributed by atoms with E-state index in [1.54, 1.807) is 0 Å². The van der Waals surface area contributed by atoms with E-state index in [1.807, 2.05) is 0 Å². The molecule has 2 heteroatoms. The third-order valence-electron chi connectivity index (χ3n) is 3.33. The molecule has 0 aromatic heterocycles. The van der Waals surface area contributed by atoms with E-state index in [0.29, 0.717) is 17.9 Å². The summed E-state index contributed by atoms with van der Waals surface area (Å²) < 4.78 is 0. The van der Waals surface area contributed by atoms with Gasteiger partial charge in [0.05, 0.1) is 0 Å². The molecule has 2 fully saturated rings. The average Bonchev–Trinajstić information content (AvgIpc) is 2.28. The monoisotopic (exact) mass is 155 g/mol. The first-order valence-electron chi connectivity index (χ1n) is 4.53. The van der Waals surface area contributed by atoms with Crippen LogP contribution in [0, 0.1) is 11.3 Å². The molecule has 1 aliphatic carbocycles. The van der Waals surface area contributed by atoms with E-state index < -0.39 is 0 Å². The predicted octanol–water partition coefficient (Wildman–Crippen LogP) is 0.711. The normalized spacial score (nSPS) is 44.7. The molecule has 0 radical (unpaired) electrons. The van der Waals surface area contributed by atoms with Gasteiger partial charge in [0.2, 0.25) is 0 Å². The van der Waals surface area contributed by atoms with Crippen molar-refractivity contribution in [2.45, 2.75) is 19.3 Å². The van der Waals surface area contributed by atoms with Gasteiger partial charge in [0, 0.05) is 13.2 Å². The van der Waals surface area contributed by atoms with Crippen molar-refractivity contribution in [2.24, 2.45) is 11.3 Å². The number of hydrogen-bond donors (Lipinski definition) is 1. The van der Waals surface area contributed by atoms with Crippen molar-refractivity contribution in [3.8, 4) is 0 Å². The summed E-state index contributed by atoms with van der Waals surface area (Å²) in [5, 5.41) is 8.88. The van der Waals surface area contributed by atoms with E-state index in [4.69, 9.17) is 5.11 Å². The molecule has 0 aromatic carbocycles. The molecule has 2 rings (SSSR count). The van der Waals surface area contributed by atoms with Gasteiger partial charge >= 0.3 is 0 Å². The van der Waals surface area contributed by atoms with Crippen LogP contribution >= 0.6 is 0 Å². The molecular weight excluding hydrogens is 138 g/mol. The quantitative estimate of drug-likeness (QED) is 0.603. The van der Waals surface area contributed by atoms with Gasteiger partial charge in [0.1, 0.15) is 0 Å². The Kier molecular flexibility index (Phi) is 1.69. The summed E-state index contributed by atoms with van der Waals surface area (Å²) in [6, 6.07) is 0. The van der Waals surface area contributed by atoms with Crippen LogP contribution in [-0.2, 0) is 0 Å². The van der Waals surface area contributed by atoms with E-state index in [2.05, 4.69) is 11.9 Å². The molecule has 1 saturated carbocycles. The van der Waals surface area contributed by atoms with Crippen LogP contribution in [-0.4, -0.2) is 36.8 Å². The minimum absolute atomic E-state index is 0.408. The Morgan fingerprint density at radius 3 is 2.73 bits per heavy atom. The summed E-state index contributed by atoms with van der Waals surface area (Å²) in [5.74, 6) is 0.626. The smallest absolute Gasteiger partial charge is 0.0459 e. The SMILES string of the molecule is CN1CCC2(CC(CO)C2)C1. The molecule has 1 heterocycles. The number of rotatable bonds is 1. The molecule has 1 N–H and O–H groups in total. The fourth-order valence-corrected chi connectivity index (χ4v) is 2.79. The lowest BCUT2D eigenvalue weighted by atomic mass is 9.62. The second-order valence-electron chi connectivity index (χ2n) is 4.44. The fraction of sp³-hybridized carbons (Fsp3) is 1.00. The molecule has 1 spiro atoms. The minimum atomic E-state index is 0.408. The first kappa shape index (κ1) is 7.56. The maximum absolute atomic E-state index is 8.88. The van der Waals surface area contributed by atoms with Gasteiger partial charge in [-0.2, -0.15) is 0 Å². The van der Waals surface area contributed by atoms with Crippen LogP contribution in [0.15, 0.2) is 0 Å². The van der Waals surface area contributed by atoms with E-state index >= 15 is 0 Å². The van der Waals surface area contributed by atoms with E-state index in [9.17, 15) is 0 Å². The van der Waals surface area contributed by atoms with Gasteiger partial charge in [-0.25, -0.2) is 0 Å². The number of aliphatic hydroxyl groups is 1. The van der Waals surface area contributed by atoms with Crippen LogP contribution in [0.2, 0.25) is 0 Å². The fourth-order valence-electron chi connectivity index (χ4n) is 2.79. The van der Waals surface area contributed by atoms with Crippen molar-refractivity contribution in [1.82, 2.24) is 4.90 Å². The Morgan fingerprint density at radius 2 is 2.27 bits per heavy atom. The number of hydrogen-bond acceptors (Lipinski definition) is 2. The van der Waals surface area contributed by atoms with Crippen LogP contribution in [0.1, 0.15) is 19.3 Å². The van der Waals surface area contributed by atoms with Gasteiger partial charge in [-0.1, -0.05) is 0 Å². The summed E-state index contributed by atoms with van der Waals surface area (Å²) in [6.07, 6.45) is 3.90. The Labute approximate surface area is 68.2 Å². The van der Waals surface area contributed by atoms with Crippen molar-refractivity contribution >= 4 is 0 Å². The molecule has 11 heavy (non-hydrogen) atoms. The van der Waals surface area contributed by atoms with Crippen molar-refractivity contribution in [3.63, 3.8) is 0 Å². The Hall–Kier alpha value is -0.0800. The van der Waals surface area contributed by atoms with Gasteiger partial charge in [0.25, 0.3) is 0 Å². The third kappa shape index (κ3) is 1.18. The summed E-state index contributed by atoms with van der Waals surface area (Å²) in [7, 11) is 2.20. The van der Waals surface area contributed by atoms with Gasteiger partial charge < -0.3 is 10.0 Å². The van der Waals surface area contributed by atoms with Crippen LogP contribution in [0.25, 0.3) is 0 Å². The second-order valence-corrected chi connectivity index (χ2v) is 4.44. The largest absolute Gasteiger partial charge is 0.396 e. The lowest BCUT2D eigenvalue weighted by Crippen LogP contribution is -2.40. The molecule has 0 bridgehead atoms. The van der Waals surface area contributed by atoms with E-state index in [-0.39, 0.29) is 0 Å². The summed E-state index contributed by atoms with van der Waals surface area (Å²) in [5.41, 5.74) is 0.627. The topological polar surface area (TPSA) is 23.5 Å². The average molecular weight is 155 g/mol. The van der Waals surface area contributed by atoms with Crippen molar-refractivity contribution < 1.29 is 5.11 Å². The van der Waals surface area contributed by atoms with Crippen molar-refractivity contribution in [1.29, 1.82) is 0 Å². The third-order valence-corrected chi connectivity index (χ3v) is 3.33. The lowest BCUT2D eigenvalue weighted by molar-refractivity contribution is 0.0258. The van der Waals surface area contributed by atoms with Crippen LogP contribution in [0.5, 0.6) is 0 Å². The summed E-state index contributed by atoms with van der Waals surface area (Å²) in [6.45, 7) is 2.94. The zero-order valence-corrected chi connectivity index (χ0v) is 7.21. The molecule has 0 unspecified atom stereocenters. The number of nitrogens with zero attached hydrogens (tertiary/aromatic N) is 1. The number of likely N-dealkylation sites (tertiary alicyclic amines) is 1. The molecule has 0 atom stereocenters. The molecular formula is C9H17NO. The molecule has 1 saturated heterocycles. The first-order valence-corrected chi connectivity index (χ1v) is 4.53. The standard InChI is InChI=1S/C9H17NO/c1-10-3-2-9(7-10)4-8(5-9)6-11/h8,11H,2-7H2,1H3. The van der Waals surface area contributed by atoms with Gasteiger partial charge in [-0.15, -0.1) is 0 Å². The molecule has 0 amide bonds. The van der Waals surface area contributed by atoms with Crippen LogP contribution in [0.3, 0.4) is 0 Å². The number of aliphatic hydroxyl groups excluding tert-OH is 1. The molecule has 1 aliphatic heterocycles. The maximum Gasteiger partial charge on any atom is 0.0459 e. The first-order chi connectivity index (χ1) is 5.24.